The topological polar surface area (TPSA) is 37.2 Å². The number of nitrogens with one attached hydrogen (secondary N) is 1. The van der Waals surface area contributed by atoms with Crippen LogP contribution in [-0.2, 0) is 0 Å². The first-order chi connectivity index (χ1) is 10.3. The summed E-state index contributed by atoms with van der Waals surface area (Å²) in [4.78, 5) is 3.06. The van der Waals surface area contributed by atoms with Crippen LogP contribution in [0, 0.1) is 0 Å². The van der Waals surface area contributed by atoms with E-state index in [4.69, 9.17) is 0 Å². The average Bonchev–Trinajstić information content (AvgIpc) is 2.55. The summed E-state index contributed by atoms with van der Waals surface area (Å²) in [5.41, 5.74) is 2.89. The summed E-state index contributed by atoms with van der Waals surface area (Å²) in [5.74, 6) is 0.0228. The summed E-state index contributed by atoms with van der Waals surface area (Å²) in [5, 5.41) is 15.4. The van der Waals surface area contributed by atoms with Gasteiger partial charge in [-0.15, -0.1) is 0 Å². The number of hydrogen-bond donors (Lipinski definition) is 0. The minimum atomic E-state index is 0. The predicted molar refractivity (Wildman–Crippen MR) is 88.6 cm³/mol. The van der Waals surface area contributed by atoms with Crippen molar-refractivity contribution in [2.45, 2.75) is 0 Å². The molecule has 0 amide bonds. The van der Waals surface area contributed by atoms with Crippen molar-refractivity contribution >= 4 is 31.8 Å². The molecule has 3 aromatic carbocycles. The van der Waals surface area contributed by atoms with Gasteiger partial charge in [0.1, 0.15) is 0 Å². The van der Waals surface area contributed by atoms with Crippen LogP contribution in [0.5, 0.6) is 5.75 Å². The molecule has 0 saturated heterocycles. The number of fused-ring (bicyclic) bond motifs is 2. The van der Waals surface area contributed by atoms with Crippen LogP contribution in [0.4, 0.5) is 0 Å². The maximum Gasteiger partial charge on any atom is 2.00 e. The smallest absolute Gasteiger partial charge is 0.868 e. The molecule has 4 rings (SSSR count). The van der Waals surface area contributed by atoms with Crippen LogP contribution in [0.25, 0.3) is 32.8 Å². The van der Waals surface area contributed by atoms with Crippen LogP contribution in [-0.4, -0.2) is 10.1 Å². The third-order valence-corrected chi connectivity index (χ3v) is 3.87. The van der Waals surface area contributed by atoms with Crippen LogP contribution in [0.15, 0.2) is 72.9 Å². The first-order valence-corrected chi connectivity index (χ1v) is 6.93. The van der Waals surface area contributed by atoms with Crippen LogP contribution >= 0.6 is 0 Å². The molecule has 0 spiro atoms. The Balaban J connectivity index is 0.00000144. The van der Waals surface area contributed by atoms with E-state index in [1.54, 1.807) is 12.3 Å². The maximum atomic E-state index is 12.0. The van der Waals surface area contributed by atoms with E-state index in [1.807, 2.05) is 30.3 Å². The second kappa shape index (κ2) is 5.59. The second-order valence-corrected chi connectivity index (χ2v) is 5.10. The number of pyridine rings is 1. The monoisotopic (exact) mass is 280 g/mol. The van der Waals surface area contributed by atoms with Gasteiger partial charge in [-0.1, -0.05) is 54.6 Å². The quantitative estimate of drug-likeness (QED) is 0.493. The van der Waals surface area contributed by atoms with E-state index in [2.05, 4.69) is 35.3 Å². The Labute approximate surface area is 132 Å². The molecule has 22 heavy (non-hydrogen) atoms. The van der Waals surface area contributed by atoms with E-state index >= 15 is 0 Å². The van der Waals surface area contributed by atoms with Crippen LogP contribution < -0.4 is 10.1 Å². The summed E-state index contributed by atoms with van der Waals surface area (Å²) < 4.78 is 0. The summed E-state index contributed by atoms with van der Waals surface area (Å²) in [6, 6.07) is 22.0. The minimum Gasteiger partial charge on any atom is -0.868 e. The molecule has 0 aliphatic rings. The summed E-state index contributed by atoms with van der Waals surface area (Å²) in [7, 11) is 0. The molecule has 0 radical (unpaired) electrons. The van der Waals surface area contributed by atoms with Crippen LogP contribution in [0.1, 0.15) is 0 Å². The molecule has 0 aliphatic heterocycles. The number of H-pyrrole nitrogens is 1. The van der Waals surface area contributed by atoms with E-state index in [0.717, 1.165) is 16.5 Å². The van der Waals surface area contributed by atoms with Gasteiger partial charge in [0.05, 0.1) is 5.39 Å². The minimum absolute atomic E-state index is 0. The van der Waals surface area contributed by atoms with Gasteiger partial charge in [-0.25, -0.2) is 4.98 Å². The van der Waals surface area contributed by atoms with Gasteiger partial charge in [-0.05, 0) is 33.7 Å². The van der Waals surface area contributed by atoms with Crippen molar-refractivity contribution in [3.63, 3.8) is 0 Å². The molecular formula is C19H13BeNO+2. The molecule has 1 N–H and O–H groups in total. The van der Waals surface area contributed by atoms with Crippen LogP contribution in [0.3, 0.4) is 0 Å². The molecule has 2 nitrogen and oxygen atoms in total. The zero-order chi connectivity index (χ0) is 14.2. The normalized spacial score (nSPS) is 10.5. The number of benzene rings is 3. The van der Waals surface area contributed by atoms with Gasteiger partial charge in [0, 0.05) is 6.07 Å². The van der Waals surface area contributed by atoms with Gasteiger partial charge in [0.2, 0.25) is 5.52 Å². The van der Waals surface area contributed by atoms with Gasteiger partial charge in [-0.2, -0.15) is 0 Å². The van der Waals surface area contributed by atoms with Crippen molar-refractivity contribution in [1.82, 2.24) is 0 Å². The van der Waals surface area contributed by atoms with Gasteiger partial charge in [0.15, 0.2) is 6.20 Å². The second-order valence-electron chi connectivity index (χ2n) is 5.10. The fourth-order valence-electron chi connectivity index (χ4n) is 2.89. The Bertz CT molecular complexity index is 960. The number of rotatable bonds is 1. The van der Waals surface area contributed by atoms with Crippen LogP contribution in [0.2, 0.25) is 0 Å². The first kappa shape index (κ1) is 14.2. The van der Waals surface area contributed by atoms with Crippen molar-refractivity contribution in [2.75, 3.05) is 0 Å². The molecule has 4 aromatic rings. The van der Waals surface area contributed by atoms with Crippen molar-refractivity contribution in [3.8, 4) is 16.9 Å². The summed E-state index contributed by atoms with van der Waals surface area (Å²) in [6.07, 6.45) is 1.79. The average molecular weight is 280 g/mol. The van der Waals surface area contributed by atoms with E-state index in [0.29, 0.717) is 5.52 Å². The fourth-order valence-corrected chi connectivity index (χ4v) is 2.89. The molecule has 3 heteroatoms. The SMILES string of the molecule is [Be+2].[O-]c1ccc(-c2cccc3ccccc23)c2ccc[nH+]c12. The number of aromatic amines is 1. The molecule has 0 bridgehead atoms. The first-order valence-electron chi connectivity index (χ1n) is 6.93. The van der Waals surface area contributed by atoms with Gasteiger partial charge in [-0.3, -0.25) is 0 Å². The van der Waals surface area contributed by atoms with Crippen molar-refractivity contribution in [1.29, 1.82) is 0 Å². The Morgan fingerprint density at radius 1 is 0.682 bits per heavy atom. The third kappa shape index (κ3) is 2.14. The maximum absolute atomic E-state index is 12.0. The molecule has 0 atom stereocenters. The third-order valence-electron chi connectivity index (χ3n) is 3.87. The van der Waals surface area contributed by atoms with E-state index in [1.165, 1.54) is 10.8 Å². The Hall–Kier alpha value is -2.70. The largest absolute Gasteiger partial charge is 2.00 e. The predicted octanol–water partition coefficient (Wildman–Crippen LogP) is 3.17. The zero-order valence-corrected chi connectivity index (χ0v) is 12.0. The zero-order valence-electron chi connectivity index (χ0n) is 12.0. The molecule has 0 unspecified atom stereocenters. The van der Waals surface area contributed by atoms with E-state index < -0.39 is 0 Å². The Kier molecular flexibility index (Phi) is 3.62. The molecule has 1 aromatic heterocycles. The number of hydrogen-bond acceptors (Lipinski definition) is 1. The van der Waals surface area contributed by atoms with Gasteiger partial charge >= 0.3 is 10.1 Å². The Morgan fingerprint density at radius 3 is 2.32 bits per heavy atom. The molecule has 0 saturated carbocycles. The molecule has 100 valence electrons. The fraction of sp³-hybridized carbons (Fsp3) is 0. The standard InChI is InChI=1S/C19H13NO.Be/c21-18-11-10-16(17-9-4-12-20-19(17)18)15-8-3-6-13-5-1-2-7-14(13)15;/h1-12,21H;/q;+2. The summed E-state index contributed by atoms with van der Waals surface area (Å²) >= 11 is 0. The van der Waals surface area contributed by atoms with E-state index in [-0.39, 0.29) is 15.9 Å². The molecule has 1 heterocycles. The summed E-state index contributed by atoms with van der Waals surface area (Å²) in [6.45, 7) is 0. The van der Waals surface area contributed by atoms with Gasteiger partial charge in [0.25, 0.3) is 0 Å². The van der Waals surface area contributed by atoms with E-state index in [9.17, 15) is 5.11 Å². The Morgan fingerprint density at radius 2 is 1.41 bits per heavy atom. The molecular weight excluding hydrogens is 267 g/mol. The van der Waals surface area contributed by atoms with Crippen molar-refractivity contribution < 1.29 is 10.1 Å². The van der Waals surface area contributed by atoms with Gasteiger partial charge < -0.3 is 5.11 Å². The van der Waals surface area contributed by atoms with Crippen molar-refractivity contribution in [2.24, 2.45) is 0 Å². The molecule has 0 aliphatic carbocycles. The van der Waals surface area contributed by atoms with Crippen molar-refractivity contribution in [3.05, 3.63) is 72.9 Å². The molecule has 0 fully saturated rings. The number of aromatic nitrogens is 1.